The Morgan fingerprint density at radius 2 is 2.06 bits per heavy atom. The number of carbonyl (C=O) groups excluding carboxylic acids is 1. The minimum absolute atomic E-state index is 0.00864. The van der Waals surface area contributed by atoms with Gasteiger partial charge in [-0.2, -0.15) is 5.26 Å². The second-order valence-corrected chi connectivity index (χ2v) is 8.84. The number of nitrogens with zero attached hydrogens (tertiary/aromatic N) is 5. The first-order valence-electron chi connectivity index (χ1n) is 9.83. The van der Waals surface area contributed by atoms with Crippen molar-refractivity contribution < 1.29 is 4.79 Å². The lowest BCUT2D eigenvalue weighted by Gasteiger charge is -2.16. The Morgan fingerprint density at radius 1 is 1.23 bits per heavy atom. The highest BCUT2D eigenvalue weighted by Crippen LogP contribution is 2.25. The van der Waals surface area contributed by atoms with Crippen molar-refractivity contribution in [1.29, 1.82) is 5.26 Å². The third kappa shape index (κ3) is 4.30. The van der Waals surface area contributed by atoms with E-state index in [0.717, 1.165) is 32.9 Å². The largest absolute Gasteiger partial charge is 0.294 e. The summed E-state index contributed by atoms with van der Waals surface area (Å²) in [5, 5.41) is 17.9. The lowest BCUT2D eigenvalue weighted by atomic mass is 9.85. The maximum absolute atomic E-state index is 13.0. The Bertz CT molecular complexity index is 1280. The van der Waals surface area contributed by atoms with Crippen molar-refractivity contribution in [1.82, 2.24) is 20.0 Å². The number of rotatable bonds is 6. The van der Waals surface area contributed by atoms with Crippen molar-refractivity contribution >= 4 is 17.1 Å². The van der Waals surface area contributed by atoms with Gasteiger partial charge >= 0.3 is 0 Å². The second kappa shape index (κ2) is 8.25. The third-order valence-corrected chi connectivity index (χ3v) is 6.04. The SMILES string of the molecule is Cc1ccc(CC(=O)c2cccc(C(C)(C)C#N)c2)cc1-n1cc(-c2cncs2)nn1. The van der Waals surface area contributed by atoms with Crippen molar-refractivity contribution in [3.05, 3.63) is 82.6 Å². The van der Waals surface area contributed by atoms with Crippen LogP contribution in [0.5, 0.6) is 0 Å². The molecule has 0 radical (unpaired) electrons. The second-order valence-electron chi connectivity index (χ2n) is 7.95. The molecule has 0 saturated heterocycles. The molecule has 2 aromatic carbocycles. The molecule has 7 heteroatoms. The molecule has 6 nitrogen and oxygen atoms in total. The summed E-state index contributed by atoms with van der Waals surface area (Å²) in [5.74, 6) is 0.00864. The van der Waals surface area contributed by atoms with Crippen LogP contribution in [0.1, 0.15) is 40.9 Å². The molecule has 0 unspecified atom stereocenters. The number of aromatic nitrogens is 4. The van der Waals surface area contributed by atoms with E-state index in [1.807, 2.05) is 63.4 Å². The Morgan fingerprint density at radius 3 is 2.81 bits per heavy atom. The molecule has 4 rings (SSSR count). The molecule has 0 saturated carbocycles. The molecule has 4 aromatic rings. The quantitative estimate of drug-likeness (QED) is 0.408. The van der Waals surface area contributed by atoms with Crippen LogP contribution in [0.15, 0.2) is 60.4 Å². The van der Waals surface area contributed by atoms with Crippen molar-refractivity contribution in [2.45, 2.75) is 32.6 Å². The van der Waals surface area contributed by atoms with Crippen LogP contribution >= 0.6 is 11.3 Å². The Balaban J connectivity index is 1.59. The van der Waals surface area contributed by atoms with Crippen LogP contribution in [0.4, 0.5) is 0 Å². The smallest absolute Gasteiger partial charge is 0.167 e. The van der Waals surface area contributed by atoms with Crippen molar-refractivity contribution in [2.24, 2.45) is 0 Å². The Kier molecular flexibility index (Phi) is 5.49. The zero-order chi connectivity index (χ0) is 22.0. The summed E-state index contributed by atoms with van der Waals surface area (Å²) < 4.78 is 1.73. The van der Waals surface area contributed by atoms with Gasteiger partial charge < -0.3 is 0 Å². The fourth-order valence-electron chi connectivity index (χ4n) is 3.28. The van der Waals surface area contributed by atoms with Gasteiger partial charge in [-0.05, 0) is 49.6 Å². The molecule has 0 aliphatic rings. The minimum atomic E-state index is -0.643. The molecule has 0 fully saturated rings. The Hall–Kier alpha value is -3.63. The van der Waals surface area contributed by atoms with Crippen LogP contribution in [-0.4, -0.2) is 25.8 Å². The highest BCUT2D eigenvalue weighted by atomic mass is 32.1. The summed E-state index contributed by atoms with van der Waals surface area (Å²) in [6.07, 6.45) is 3.90. The van der Waals surface area contributed by atoms with Crippen molar-refractivity contribution in [2.75, 3.05) is 0 Å². The van der Waals surface area contributed by atoms with Crippen LogP contribution in [-0.2, 0) is 11.8 Å². The first-order valence-corrected chi connectivity index (χ1v) is 10.7. The molecule has 0 bridgehead atoms. The molecule has 0 amide bonds. The Labute approximate surface area is 184 Å². The first-order chi connectivity index (χ1) is 14.9. The highest BCUT2D eigenvalue weighted by molar-refractivity contribution is 7.13. The molecule has 0 spiro atoms. The van der Waals surface area contributed by atoms with Crippen LogP contribution in [0.3, 0.4) is 0 Å². The molecular formula is C24H21N5OS. The summed E-state index contributed by atoms with van der Waals surface area (Å²) in [6, 6.07) is 15.5. The number of carbonyl (C=O) groups is 1. The van der Waals surface area contributed by atoms with Gasteiger partial charge in [-0.25, -0.2) is 4.68 Å². The first kappa shape index (κ1) is 20.6. The van der Waals surface area contributed by atoms with Gasteiger partial charge in [0.25, 0.3) is 0 Å². The van der Waals surface area contributed by atoms with E-state index in [1.165, 1.54) is 11.3 Å². The van der Waals surface area contributed by atoms with Crippen LogP contribution in [0.25, 0.3) is 16.3 Å². The number of aryl methyl sites for hydroxylation is 1. The minimum Gasteiger partial charge on any atom is -0.294 e. The zero-order valence-corrected chi connectivity index (χ0v) is 18.3. The van der Waals surface area contributed by atoms with Gasteiger partial charge in [0.1, 0.15) is 5.69 Å². The van der Waals surface area contributed by atoms with E-state index in [1.54, 1.807) is 22.5 Å². The van der Waals surface area contributed by atoms with E-state index in [9.17, 15) is 10.1 Å². The number of ketones is 1. The molecule has 0 aliphatic heterocycles. The van der Waals surface area contributed by atoms with Gasteiger partial charge in [-0.15, -0.1) is 16.4 Å². The van der Waals surface area contributed by atoms with Gasteiger partial charge in [0.15, 0.2) is 5.78 Å². The molecular weight excluding hydrogens is 406 g/mol. The number of hydrogen-bond acceptors (Lipinski definition) is 6. The van der Waals surface area contributed by atoms with Crippen LogP contribution in [0, 0.1) is 18.3 Å². The van der Waals surface area contributed by atoms with E-state index < -0.39 is 5.41 Å². The highest BCUT2D eigenvalue weighted by Gasteiger charge is 2.21. The molecule has 2 aromatic heterocycles. The van der Waals surface area contributed by atoms with E-state index in [4.69, 9.17) is 0 Å². The van der Waals surface area contributed by atoms with Gasteiger partial charge in [-0.1, -0.05) is 35.5 Å². The van der Waals surface area contributed by atoms with Gasteiger partial charge in [0.2, 0.25) is 0 Å². The summed E-state index contributed by atoms with van der Waals surface area (Å²) in [7, 11) is 0. The monoisotopic (exact) mass is 427 g/mol. The van der Waals surface area contributed by atoms with Crippen molar-refractivity contribution in [3.8, 4) is 22.3 Å². The zero-order valence-electron chi connectivity index (χ0n) is 17.5. The molecule has 154 valence electrons. The van der Waals surface area contributed by atoms with Crippen LogP contribution in [0.2, 0.25) is 0 Å². The van der Waals surface area contributed by atoms with E-state index >= 15 is 0 Å². The number of thiazole rings is 1. The standard InChI is InChI=1S/C24H21N5OS/c1-16-7-8-17(9-21(16)29-13-20(27-28-29)23-12-26-15-31-23)10-22(30)18-5-4-6-19(11-18)24(2,3)14-25/h4-9,11-13,15H,10H2,1-3H3. The number of benzene rings is 2. The third-order valence-electron chi connectivity index (χ3n) is 5.25. The average molecular weight is 428 g/mol. The predicted molar refractivity (Wildman–Crippen MR) is 120 cm³/mol. The molecule has 0 atom stereocenters. The molecule has 0 aliphatic carbocycles. The maximum atomic E-state index is 13.0. The van der Waals surface area contributed by atoms with E-state index in [2.05, 4.69) is 21.4 Å². The average Bonchev–Trinajstić information content (AvgIpc) is 3.47. The molecule has 0 N–H and O–H groups in total. The summed E-state index contributed by atoms with van der Waals surface area (Å²) in [4.78, 5) is 18.0. The molecule has 2 heterocycles. The number of nitriles is 1. The molecule has 31 heavy (non-hydrogen) atoms. The fraction of sp³-hybridized carbons (Fsp3) is 0.208. The van der Waals surface area contributed by atoms with Gasteiger partial charge in [0.05, 0.1) is 33.8 Å². The summed E-state index contributed by atoms with van der Waals surface area (Å²) in [5.41, 5.74) is 6.14. The predicted octanol–water partition coefficient (Wildman–Crippen LogP) is 4.93. The maximum Gasteiger partial charge on any atom is 0.167 e. The fourth-order valence-corrected chi connectivity index (χ4v) is 3.85. The van der Waals surface area contributed by atoms with Crippen molar-refractivity contribution in [3.63, 3.8) is 0 Å². The van der Waals surface area contributed by atoms with Gasteiger partial charge in [-0.3, -0.25) is 9.78 Å². The van der Waals surface area contributed by atoms with E-state index in [0.29, 0.717) is 5.56 Å². The topological polar surface area (TPSA) is 84.5 Å². The number of Topliss-reactive ketones (excluding diaryl/α,β-unsaturated/α-hetero) is 1. The number of hydrogen-bond donors (Lipinski definition) is 0. The normalized spacial score (nSPS) is 11.3. The van der Waals surface area contributed by atoms with Gasteiger partial charge in [0, 0.05) is 18.2 Å². The lowest BCUT2D eigenvalue weighted by molar-refractivity contribution is 0.0993. The van der Waals surface area contributed by atoms with E-state index in [-0.39, 0.29) is 12.2 Å². The van der Waals surface area contributed by atoms with Crippen LogP contribution < -0.4 is 0 Å². The lowest BCUT2D eigenvalue weighted by Crippen LogP contribution is -2.15. The summed E-state index contributed by atoms with van der Waals surface area (Å²) in [6.45, 7) is 5.70. The summed E-state index contributed by atoms with van der Waals surface area (Å²) >= 11 is 1.51.